The van der Waals surface area contributed by atoms with Crippen LogP contribution < -0.4 is 11.5 Å². The van der Waals surface area contributed by atoms with E-state index in [4.69, 9.17) is 16.2 Å². The SMILES string of the molecule is CC1CCC(OC(=O)c2cc(N)cc(N)c2)CC1C. The molecule has 1 aliphatic carbocycles. The Kier molecular flexibility index (Phi) is 3.98. The monoisotopic (exact) mass is 262 g/mol. The molecule has 2 rings (SSSR count). The molecule has 0 aliphatic heterocycles. The lowest BCUT2D eigenvalue weighted by Crippen LogP contribution is -2.28. The second-order valence-corrected chi connectivity index (χ2v) is 5.68. The summed E-state index contributed by atoms with van der Waals surface area (Å²) in [6.07, 6.45) is 3.00. The van der Waals surface area contributed by atoms with Crippen LogP contribution in [0, 0.1) is 11.8 Å². The largest absolute Gasteiger partial charge is 0.459 e. The van der Waals surface area contributed by atoms with Crippen LogP contribution in [0.3, 0.4) is 0 Å². The lowest BCUT2D eigenvalue weighted by atomic mass is 9.80. The summed E-state index contributed by atoms with van der Waals surface area (Å²) in [6, 6.07) is 4.84. The maximum absolute atomic E-state index is 12.1. The van der Waals surface area contributed by atoms with Crippen LogP contribution in [0.2, 0.25) is 0 Å². The third-order valence-corrected chi connectivity index (χ3v) is 4.04. The number of nitrogen functional groups attached to an aromatic ring is 2. The van der Waals surface area contributed by atoms with Gasteiger partial charge in [-0.25, -0.2) is 4.79 Å². The highest BCUT2D eigenvalue weighted by molar-refractivity contribution is 5.91. The van der Waals surface area contributed by atoms with Crippen molar-refractivity contribution >= 4 is 17.3 Å². The quantitative estimate of drug-likeness (QED) is 0.634. The first-order valence-electron chi connectivity index (χ1n) is 6.82. The Morgan fingerprint density at radius 3 is 2.32 bits per heavy atom. The number of hydrogen-bond donors (Lipinski definition) is 2. The summed E-state index contributed by atoms with van der Waals surface area (Å²) in [5.41, 5.74) is 12.8. The fourth-order valence-electron chi connectivity index (χ4n) is 2.62. The van der Waals surface area contributed by atoms with Crippen molar-refractivity contribution in [3.05, 3.63) is 23.8 Å². The number of carbonyl (C=O) groups excluding carboxylic acids is 1. The molecule has 1 aromatic carbocycles. The number of rotatable bonds is 2. The van der Waals surface area contributed by atoms with Gasteiger partial charge in [-0.05, 0) is 49.3 Å². The zero-order valence-corrected chi connectivity index (χ0v) is 11.6. The number of ether oxygens (including phenoxy) is 1. The molecule has 0 bridgehead atoms. The predicted molar refractivity (Wildman–Crippen MR) is 76.6 cm³/mol. The van der Waals surface area contributed by atoms with E-state index in [0.717, 1.165) is 19.3 Å². The van der Waals surface area contributed by atoms with Gasteiger partial charge in [0.2, 0.25) is 0 Å². The second kappa shape index (κ2) is 5.51. The van der Waals surface area contributed by atoms with Crippen LogP contribution in [-0.4, -0.2) is 12.1 Å². The van der Waals surface area contributed by atoms with Gasteiger partial charge in [-0.2, -0.15) is 0 Å². The van der Waals surface area contributed by atoms with Crippen LogP contribution in [0.15, 0.2) is 18.2 Å². The van der Waals surface area contributed by atoms with E-state index in [1.54, 1.807) is 18.2 Å². The highest BCUT2D eigenvalue weighted by Crippen LogP contribution is 2.31. The number of carbonyl (C=O) groups is 1. The van der Waals surface area contributed by atoms with Crippen molar-refractivity contribution in [1.29, 1.82) is 0 Å². The van der Waals surface area contributed by atoms with E-state index in [9.17, 15) is 4.79 Å². The van der Waals surface area contributed by atoms with E-state index in [1.165, 1.54) is 0 Å². The molecule has 4 heteroatoms. The fourth-order valence-corrected chi connectivity index (χ4v) is 2.62. The predicted octanol–water partition coefficient (Wildman–Crippen LogP) is 2.83. The van der Waals surface area contributed by atoms with E-state index >= 15 is 0 Å². The molecule has 104 valence electrons. The average Bonchev–Trinajstić information content (AvgIpc) is 2.32. The third-order valence-electron chi connectivity index (χ3n) is 4.04. The summed E-state index contributed by atoms with van der Waals surface area (Å²) in [4.78, 5) is 12.1. The van der Waals surface area contributed by atoms with Gasteiger partial charge >= 0.3 is 5.97 Å². The van der Waals surface area contributed by atoms with Crippen LogP contribution in [0.25, 0.3) is 0 Å². The van der Waals surface area contributed by atoms with Crippen molar-refractivity contribution in [1.82, 2.24) is 0 Å². The first-order chi connectivity index (χ1) is 8.95. The Hall–Kier alpha value is -1.71. The van der Waals surface area contributed by atoms with Gasteiger partial charge in [-0.1, -0.05) is 13.8 Å². The second-order valence-electron chi connectivity index (χ2n) is 5.68. The minimum absolute atomic E-state index is 0.0151. The number of nitrogens with two attached hydrogens (primary N) is 2. The summed E-state index contributed by atoms with van der Waals surface area (Å²) in [6.45, 7) is 4.46. The molecule has 1 saturated carbocycles. The molecule has 4 nitrogen and oxygen atoms in total. The van der Waals surface area contributed by atoms with Crippen molar-refractivity contribution in [2.75, 3.05) is 11.5 Å². The fraction of sp³-hybridized carbons (Fsp3) is 0.533. The summed E-state index contributed by atoms with van der Waals surface area (Å²) in [5.74, 6) is 0.973. The number of benzene rings is 1. The smallest absolute Gasteiger partial charge is 0.338 e. The van der Waals surface area contributed by atoms with Gasteiger partial charge in [-0.3, -0.25) is 0 Å². The van der Waals surface area contributed by atoms with Crippen LogP contribution in [-0.2, 0) is 4.74 Å². The minimum Gasteiger partial charge on any atom is -0.459 e. The summed E-state index contributed by atoms with van der Waals surface area (Å²) in [7, 11) is 0. The van der Waals surface area contributed by atoms with Crippen molar-refractivity contribution in [2.45, 2.75) is 39.2 Å². The van der Waals surface area contributed by atoms with E-state index in [-0.39, 0.29) is 12.1 Å². The number of esters is 1. The molecule has 0 amide bonds. The van der Waals surface area contributed by atoms with E-state index < -0.39 is 0 Å². The Bertz CT molecular complexity index is 453. The van der Waals surface area contributed by atoms with Crippen LogP contribution in [0.1, 0.15) is 43.5 Å². The molecule has 0 spiro atoms. The Labute approximate surface area is 114 Å². The normalized spacial score (nSPS) is 26.9. The average molecular weight is 262 g/mol. The molecule has 1 fully saturated rings. The van der Waals surface area contributed by atoms with Gasteiger partial charge in [0, 0.05) is 11.4 Å². The first-order valence-corrected chi connectivity index (χ1v) is 6.82. The maximum atomic E-state index is 12.1. The van der Waals surface area contributed by atoms with Gasteiger partial charge in [-0.15, -0.1) is 0 Å². The van der Waals surface area contributed by atoms with E-state index in [0.29, 0.717) is 28.8 Å². The molecule has 1 aliphatic rings. The van der Waals surface area contributed by atoms with Crippen molar-refractivity contribution in [3.8, 4) is 0 Å². The lowest BCUT2D eigenvalue weighted by Gasteiger charge is -2.31. The minimum atomic E-state index is -0.328. The zero-order valence-electron chi connectivity index (χ0n) is 11.6. The molecule has 0 heterocycles. The first kappa shape index (κ1) is 13.7. The van der Waals surface area contributed by atoms with Gasteiger partial charge in [0.05, 0.1) is 5.56 Å². The molecule has 19 heavy (non-hydrogen) atoms. The van der Waals surface area contributed by atoms with E-state index in [2.05, 4.69) is 13.8 Å². The molecule has 0 radical (unpaired) electrons. The maximum Gasteiger partial charge on any atom is 0.338 e. The topological polar surface area (TPSA) is 78.3 Å². The number of hydrogen-bond acceptors (Lipinski definition) is 4. The molecular weight excluding hydrogens is 240 g/mol. The molecule has 0 aromatic heterocycles. The molecular formula is C15H22N2O2. The van der Waals surface area contributed by atoms with Gasteiger partial charge < -0.3 is 16.2 Å². The third kappa shape index (κ3) is 3.40. The van der Waals surface area contributed by atoms with Crippen molar-refractivity contribution in [3.63, 3.8) is 0 Å². The summed E-state index contributed by atoms with van der Waals surface area (Å²) in [5, 5.41) is 0. The molecule has 3 atom stereocenters. The highest BCUT2D eigenvalue weighted by atomic mass is 16.5. The standard InChI is InChI=1S/C15H22N2O2/c1-9-3-4-14(5-10(9)2)19-15(18)11-6-12(16)8-13(17)7-11/h6-10,14H,3-5,16-17H2,1-2H3. The Balaban J connectivity index is 2.01. The van der Waals surface area contributed by atoms with Gasteiger partial charge in [0.15, 0.2) is 0 Å². The molecule has 3 unspecified atom stereocenters. The Morgan fingerprint density at radius 1 is 1.11 bits per heavy atom. The van der Waals surface area contributed by atoms with E-state index in [1.807, 2.05) is 0 Å². The molecule has 0 saturated heterocycles. The van der Waals surface area contributed by atoms with Crippen molar-refractivity contribution in [2.24, 2.45) is 11.8 Å². The van der Waals surface area contributed by atoms with Gasteiger partial charge in [0.1, 0.15) is 6.10 Å². The number of anilines is 2. The molecule has 1 aromatic rings. The highest BCUT2D eigenvalue weighted by Gasteiger charge is 2.27. The van der Waals surface area contributed by atoms with Crippen molar-refractivity contribution < 1.29 is 9.53 Å². The van der Waals surface area contributed by atoms with Crippen LogP contribution >= 0.6 is 0 Å². The Morgan fingerprint density at radius 2 is 1.74 bits per heavy atom. The van der Waals surface area contributed by atoms with Gasteiger partial charge in [0.25, 0.3) is 0 Å². The lowest BCUT2D eigenvalue weighted by molar-refractivity contribution is 0.00880. The summed E-state index contributed by atoms with van der Waals surface area (Å²) >= 11 is 0. The summed E-state index contributed by atoms with van der Waals surface area (Å²) < 4.78 is 5.56. The molecule has 4 N–H and O–H groups in total. The zero-order chi connectivity index (χ0) is 14.0. The van der Waals surface area contributed by atoms with Crippen LogP contribution in [0.5, 0.6) is 0 Å². The van der Waals surface area contributed by atoms with Crippen LogP contribution in [0.4, 0.5) is 11.4 Å².